The first-order chi connectivity index (χ1) is 13.6. The fraction of sp³-hybridized carbons (Fsp3) is 0.227. The number of hydrogen-bond donors (Lipinski definition) is 1. The fourth-order valence-corrected chi connectivity index (χ4v) is 4.24. The molecular weight excluding hydrogens is 418 g/mol. The second-order valence-corrected chi connectivity index (χ2v) is 7.90. The Labute approximate surface area is 170 Å². The Bertz CT molecular complexity index is 1180. The number of rotatable bonds is 3. The Morgan fingerprint density at radius 3 is 2.93 bits per heavy atom. The number of aromatic nitrogens is 1. The van der Waals surface area contributed by atoms with Crippen molar-refractivity contribution >= 4 is 32.7 Å². The first-order valence-electron chi connectivity index (χ1n) is 9.17. The number of carbonyl (C=O) groups excluding carboxylic acids is 1. The highest BCUT2D eigenvalue weighted by molar-refractivity contribution is 9.10. The predicted octanol–water partition coefficient (Wildman–Crippen LogP) is 3.83. The van der Waals surface area contributed by atoms with Crippen molar-refractivity contribution in [2.75, 3.05) is 0 Å². The summed E-state index contributed by atoms with van der Waals surface area (Å²) in [5.41, 5.74) is 2.79. The zero-order valence-electron chi connectivity index (χ0n) is 15.1. The third-order valence-corrected chi connectivity index (χ3v) is 5.67. The molecule has 3 aromatic rings. The number of hydrogen-bond acceptors (Lipinski definition) is 3. The van der Waals surface area contributed by atoms with Crippen molar-refractivity contribution in [1.82, 2.24) is 9.88 Å². The lowest BCUT2D eigenvalue weighted by molar-refractivity contribution is -0.122. The number of benzene rings is 2. The predicted molar refractivity (Wildman–Crippen MR) is 111 cm³/mol. The normalized spacial score (nSPS) is 15.6. The molecule has 1 aliphatic carbocycles. The quantitative estimate of drug-likeness (QED) is 0.678. The minimum atomic E-state index is -0.323. The molecule has 0 bridgehead atoms. The average Bonchev–Trinajstić information content (AvgIpc) is 2.70. The molecule has 0 fully saturated rings. The van der Waals surface area contributed by atoms with Gasteiger partial charge in [0.05, 0.1) is 11.6 Å². The van der Waals surface area contributed by atoms with E-state index in [0.29, 0.717) is 10.9 Å². The van der Waals surface area contributed by atoms with E-state index in [0.717, 1.165) is 23.7 Å². The van der Waals surface area contributed by atoms with Gasteiger partial charge < -0.3 is 9.88 Å². The number of halogens is 1. The van der Waals surface area contributed by atoms with Crippen LogP contribution in [-0.2, 0) is 17.8 Å². The number of nitriles is 1. The molecule has 1 amide bonds. The van der Waals surface area contributed by atoms with Crippen molar-refractivity contribution in [2.45, 2.75) is 31.8 Å². The lowest BCUT2D eigenvalue weighted by Crippen LogP contribution is -2.33. The van der Waals surface area contributed by atoms with Crippen molar-refractivity contribution in [3.8, 4) is 6.07 Å². The van der Waals surface area contributed by atoms with E-state index in [-0.39, 0.29) is 29.5 Å². The van der Waals surface area contributed by atoms with Crippen molar-refractivity contribution < 1.29 is 4.79 Å². The van der Waals surface area contributed by atoms with E-state index in [9.17, 15) is 14.9 Å². The van der Waals surface area contributed by atoms with Gasteiger partial charge in [0.15, 0.2) is 0 Å². The second-order valence-electron chi connectivity index (χ2n) is 6.98. The van der Waals surface area contributed by atoms with Gasteiger partial charge in [-0.25, -0.2) is 0 Å². The van der Waals surface area contributed by atoms with Gasteiger partial charge in [-0.15, -0.1) is 0 Å². The summed E-state index contributed by atoms with van der Waals surface area (Å²) in [5, 5.41) is 12.8. The molecule has 1 aromatic heterocycles. The largest absolute Gasteiger partial charge is 0.348 e. The van der Waals surface area contributed by atoms with Crippen molar-refractivity contribution in [1.29, 1.82) is 5.26 Å². The Kier molecular flexibility index (Phi) is 5.01. The highest BCUT2D eigenvalue weighted by Gasteiger charge is 2.21. The maximum absolute atomic E-state index is 12.8. The Morgan fingerprint density at radius 1 is 1.29 bits per heavy atom. The Balaban J connectivity index is 1.64. The van der Waals surface area contributed by atoms with Crippen LogP contribution in [0, 0.1) is 11.3 Å². The molecule has 6 heteroatoms. The molecule has 1 atom stereocenters. The van der Waals surface area contributed by atoms with Gasteiger partial charge in [0.2, 0.25) is 11.3 Å². The highest BCUT2D eigenvalue weighted by atomic mass is 79.9. The van der Waals surface area contributed by atoms with Gasteiger partial charge in [-0.1, -0.05) is 40.2 Å². The topological polar surface area (TPSA) is 74.9 Å². The summed E-state index contributed by atoms with van der Waals surface area (Å²) in [4.78, 5) is 25.2. The summed E-state index contributed by atoms with van der Waals surface area (Å²) in [6.45, 7) is 0.0474. The maximum atomic E-state index is 12.8. The lowest BCUT2D eigenvalue weighted by Gasteiger charge is -2.26. The van der Waals surface area contributed by atoms with Gasteiger partial charge in [0, 0.05) is 16.1 Å². The first-order valence-corrected chi connectivity index (χ1v) is 9.96. The van der Waals surface area contributed by atoms with Gasteiger partial charge in [0.1, 0.15) is 18.2 Å². The minimum absolute atomic E-state index is 0.00678. The number of aryl methyl sites for hydroxylation is 1. The van der Waals surface area contributed by atoms with Crippen LogP contribution in [0.15, 0.2) is 57.9 Å². The average molecular weight is 436 g/mol. The number of nitrogens with zero attached hydrogens (tertiary/aromatic N) is 2. The first kappa shape index (κ1) is 18.5. The lowest BCUT2D eigenvalue weighted by atomic mass is 9.88. The van der Waals surface area contributed by atoms with Crippen LogP contribution in [0.5, 0.6) is 0 Å². The zero-order valence-corrected chi connectivity index (χ0v) is 16.7. The number of carbonyl (C=O) groups is 1. The van der Waals surface area contributed by atoms with E-state index in [1.165, 1.54) is 17.3 Å². The molecule has 5 nitrogen and oxygen atoms in total. The standard InChI is InChI=1S/C22H18BrN3O2/c23-16-8-9-20-18(10-16)22(28)15(11-24)12-26(20)13-21(27)25-19-7-3-5-14-4-1-2-6-17(14)19/h1-2,4,6,8-10,12,19H,3,5,7,13H2,(H,25,27)/t19-/m1/s1. The van der Waals surface area contributed by atoms with Crippen LogP contribution in [-0.4, -0.2) is 10.5 Å². The summed E-state index contributed by atoms with van der Waals surface area (Å²) >= 11 is 3.36. The van der Waals surface area contributed by atoms with E-state index in [1.807, 2.05) is 24.3 Å². The van der Waals surface area contributed by atoms with E-state index in [4.69, 9.17) is 0 Å². The van der Waals surface area contributed by atoms with Crippen LogP contribution < -0.4 is 10.7 Å². The molecule has 2 aromatic carbocycles. The van der Waals surface area contributed by atoms with Gasteiger partial charge in [0.25, 0.3) is 0 Å². The van der Waals surface area contributed by atoms with Crippen LogP contribution in [0.3, 0.4) is 0 Å². The van der Waals surface area contributed by atoms with Gasteiger partial charge in [-0.05, 0) is 48.6 Å². The van der Waals surface area contributed by atoms with E-state index >= 15 is 0 Å². The van der Waals surface area contributed by atoms with E-state index < -0.39 is 0 Å². The number of amides is 1. The molecule has 0 aliphatic heterocycles. The van der Waals surface area contributed by atoms with E-state index in [1.54, 1.807) is 16.7 Å². The van der Waals surface area contributed by atoms with Crippen LogP contribution in [0.25, 0.3) is 10.9 Å². The molecule has 0 spiro atoms. The summed E-state index contributed by atoms with van der Waals surface area (Å²) in [6.07, 6.45) is 4.44. The van der Waals surface area contributed by atoms with Gasteiger partial charge in [-0.2, -0.15) is 5.26 Å². The Hall–Kier alpha value is -2.91. The van der Waals surface area contributed by atoms with Gasteiger partial charge in [-0.3, -0.25) is 9.59 Å². The van der Waals surface area contributed by atoms with Crippen LogP contribution in [0.2, 0.25) is 0 Å². The van der Waals surface area contributed by atoms with E-state index in [2.05, 4.69) is 33.4 Å². The minimum Gasteiger partial charge on any atom is -0.348 e. The summed E-state index contributed by atoms with van der Waals surface area (Å²) in [6, 6.07) is 15.4. The Morgan fingerprint density at radius 2 is 2.11 bits per heavy atom. The molecule has 1 heterocycles. The number of pyridine rings is 1. The molecule has 28 heavy (non-hydrogen) atoms. The maximum Gasteiger partial charge on any atom is 0.240 e. The second kappa shape index (κ2) is 7.61. The molecule has 0 unspecified atom stereocenters. The molecule has 0 radical (unpaired) electrons. The molecule has 1 aliphatic rings. The smallest absolute Gasteiger partial charge is 0.240 e. The van der Waals surface area contributed by atoms with Crippen molar-refractivity contribution in [3.63, 3.8) is 0 Å². The number of fused-ring (bicyclic) bond motifs is 2. The third-order valence-electron chi connectivity index (χ3n) is 5.18. The van der Waals surface area contributed by atoms with Crippen LogP contribution in [0.4, 0.5) is 0 Å². The molecule has 140 valence electrons. The van der Waals surface area contributed by atoms with Crippen molar-refractivity contribution in [2.24, 2.45) is 0 Å². The summed E-state index contributed by atoms with van der Waals surface area (Å²) < 4.78 is 2.42. The molecule has 1 N–H and O–H groups in total. The van der Waals surface area contributed by atoms with Crippen molar-refractivity contribution in [3.05, 3.63) is 80.0 Å². The highest BCUT2D eigenvalue weighted by Crippen LogP contribution is 2.29. The SMILES string of the molecule is N#Cc1cn(CC(=O)N[C@@H]2CCCc3ccccc32)c2ccc(Br)cc2c1=O. The monoisotopic (exact) mass is 435 g/mol. The zero-order chi connectivity index (χ0) is 19.7. The summed E-state index contributed by atoms with van der Waals surface area (Å²) in [7, 11) is 0. The van der Waals surface area contributed by atoms with Crippen LogP contribution >= 0.6 is 15.9 Å². The van der Waals surface area contributed by atoms with Gasteiger partial charge >= 0.3 is 0 Å². The third kappa shape index (κ3) is 3.46. The molecular formula is C22H18BrN3O2. The summed E-state index contributed by atoms with van der Waals surface area (Å²) in [5.74, 6) is -0.140. The molecule has 0 saturated heterocycles. The molecule has 4 rings (SSSR count). The fourth-order valence-electron chi connectivity index (χ4n) is 3.88. The van der Waals surface area contributed by atoms with Crippen LogP contribution in [0.1, 0.15) is 35.6 Å². The number of nitrogens with one attached hydrogen (secondary N) is 1. The molecule has 0 saturated carbocycles.